The summed E-state index contributed by atoms with van der Waals surface area (Å²) in [6, 6.07) is 9.60. The molecular formula is C23H22N2O4S. The number of nitrogens with zero attached hydrogens (tertiary/aromatic N) is 2. The summed E-state index contributed by atoms with van der Waals surface area (Å²) in [5, 5.41) is 12.0. The molecule has 1 fully saturated rings. The summed E-state index contributed by atoms with van der Waals surface area (Å²) >= 11 is 1.38. The average Bonchev–Trinajstić information content (AvgIpc) is 3.40. The molecule has 4 aromatic rings. The third-order valence-corrected chi connectivity index (χ3v) is 6.65. The molecule has 2 aromatic heterocycles. The summed E-state index contributed by atoms with van der Waals surface area (Å²) in [6.45, 7) is 5.51. The lowest BCUT2D eigenvalue weighted by Gasteiger charge is -2.27. The van der Waals surface area contributed by atoms with Gasteiger partial charge in [0.05, 0.1) is 34.6 Å². The van der Waals surface area contributed by atoms with Crippen LogP contribution in [0.4, 0.5) is 0 Å². The van der Waals surface area contributed by atoms with Crippen molar-refractivity contribution in [2.75, 3.05) is 26.3 Å². The summed E-state index contributed by atoms with van der Waals surface area (Å²) in [7, 11) is 0. The van der Waals surface area contributed by atoms with Crippen molar-refractivity contribution in [2.24, 2.45) is 0 Å². The average molecular weight is 423 g/mol. The van der Waals surface area contributed by atoms with Gasteiger partial charge in [0.2, 0.25) is 5.78 Å². The number of aromatic hydroxyl groups is 1. The summed E-state index contributed by atoms with van der Waals surface area (Å²) in [5.74, 6) is 0.102. The van der Waals surface area contributed by atoms with Crippen LogP contribution >= 0.6 is 11.3 Å². The third kappa shape index (κ3) is 3.29. The van der Waals surface area contributed by atoms with Gasteiger partial charge in [-0.25, -0.2) is 4.98 Å². The van der Waals surface area contributed by atoms with Crippen molar-refractivity contribution < 1.29 is 19.1 Å². The van der Waals surface area contributed by atoms with Crippen molar-refractivity contribution in [1.29, 1.82) is 0 Å². The van der Waals surface area contributed by atoms with E-state index >= 15 is 0 Å². The molecule has 0 unspecified atom stereocenters. The molecule has 6 nitrogen and oxygen atoms in total. The predicted molar refractivity (Wildman–Crippen MR) is 116 cm³/mol. The Morgan fingerprint density at radius 3 is 2.83 bits per heavy atom. The van der Waals surface area contributed by atoms with Gasteiger partial charge in [-0.1, -0.05) is 19.1 Å². The van der Waals surface area contributed by atoms with Crippen LogP contribution in [0, 0.1) is 0 Å². The minimum absolute atomic E-state index is 0.153. The van der Waals surface area contributed by atoms with E-state index in [2.05, 4.69) is 9.88 Å². The summed E-state index contributed by atoms with van der Waals surface area (Å²) in [5.41, 5.74) is 3.42. The van der Waals surface area contributed by atoms with Crippen molar-refractivity contribution in [1.82, 2.24) is 9.88 Å². The van der Waals surface area contributed by atoms with Crippen molar-refractivity contribution in [3.63, 3.8) is 0 Å². The number of benzene rings is 2. The fourth-order valence-corrected chi connectivity index (χ4v) is 4.87. The number of fused-ring (bicyclic) bond motifs is 2. The molecule has 154 valence electrons. The maximum absolute atomic E-state index is 13.3. The van der Waals surface area contributed by atoms with Crippen LogP contribution in [0.3, 0.4) is 0 Å². The highest BCUT2D eigenvalue weighted by atomic mass is 32.1. The van der Waals surface area contributed by atoms with E-state index in [0.717, 1.165) is 39.8 Å². The zero-order valence-electron chi connectivity index (χ0n) is 16.7. The monoisotopic (exact) mass is 422 g/mol. The van der Waals surface area contributed by atoms with Crippen LogP contribution in [0.25, 0.3) is 21.2 Å². The Labute approximate surface area is 177 Å². The lowest BCUT2D eigenvalue weighted by Crippen LogP contribution is -2.35. The zero-order valence-corrected chi connectivity index (χ0v) is 17.5. The van der Waals surface area contributed by atoms with E-state index in [1.807, 2.05) is 37.3 Å². The zero-order chi connectivity index (χ0) is 20.7. The fraction of sp³-hybridized carbons (Fsp3) is 0.304. The first-order valence-corrected chi connectivity index (χ1v) is 10.9. The van der Waals surface area contributed by atoms with Gasteiger partial charge in [0.1, 0.15) is 17.6 Å². The fourth-order valence-electron chi connectivity index (χ4n) is 3.95. The first-order valence-electron chi connectivity index (χ1n) is 10.1. The Balaban J connectivity index is 1.59. The van der Waals surface area contributed by atoms with Crippen LogP contribution in [0.5, 0.6) is 5.75 Å². The largest absolute Gasteiger partial charge is 0.507 e. The molecule has 0 amide bonds. The van der Waals surface area contributed by atoms with Gasteiger partial charge in [-0.2, -0.15) is 0 Å². The number of phenolic OH excluding ortho intramolecular Hbond substituents is 1. The Kier molecular flexibility index (Phi) is 5.02. The van der Waals surface area contributed by atoms with Crippen LogP contribution in [0.2, 0.25) is 0 Å². The second-order valence-corrected chi connectivity index (χ2v) is 8.48. The smallest absolute Gasteiger partial charge is 0.225 e. The Hall–Kier alpha value is -2.74. The molecule has 1 N–H and O–H groups in total. The van der Waals surface area contributed by atoms with Crippen molar-refractivity contribution in [2.45, 2.75) is 19.9 Å². The highest BCUT2D eigenvalue weighted by molar-refractivity contribution is 7.20. The SMILES string of the molecule is CCc1cc2c(C(=O)c3nc4ccccc4s3)coc2c(CN2CCOCC2)c1O. The molecule has 3 heterocycles. The van der Waals surface area contributed by atoms with Crippen molar-refractivity contribution in [3.8, 4) is 5.75 Å². The number of rotatable bonds is 5. The number of furan rings is 1. The molecule has 0 spiro atoms. The van der Waals surface area contributed by atoms with E-state index in [1.54, 1.807) is 0 Å². The molecule has 1 saturated heterocycles. The van der Waals surface area contributed by atoms with Gasteiger partial charge in [0, 0.05) is 25.0 Å². The first-order chi connectivity index (χ1) is 14.7. The minimum Gasteiger partial charge on any atom is -0.507 e. The van der Waals surface area contributed by atoms with Gasteiger partial charge in [-0.15, -0.1) is 11.3 Å². The Morgan fingerprint density at radius 2 is 2.07 bits per heavy atom. The lowest BCUT2D eigenvalue weighted by atomic mass is 9.99. The number of aryl methyl sites for hydroxylation is 1. The van der Waals surface area contributed by atoms with Crippen molar-refractivity contribution in [3.05, 3.63) is 58.3 Å². The number of ether oxygens (including phenoxy) is 1. The summed E-state index contributed by atoms with van der Waals surface area (Å²) in [6.07, 6.45) is 2.17. The van der Waals surface area contributed by atoms with E-state index in [9.17, 15) is 9.90 Å². The van der Waals surface area contributed by atoms with Crippen LogP contribution in [0.1, 0.15) is 33.4 Å². The van der Waals surface area contributed by atoms with Crippen molar-refractivity contribution >= 4 is 38.3 Å². The number of morpholine rings is 1. The molecule has 0 bridgehead atoms. The van der Waals surface area contributed by atoms with Crippen LogP contribution in [-0.2, 0) is 17.7 Å². The number of hydrogen-bond donors (Lipinski definition) is 1. The maximum Gasteiger partial charge on any atom is 0.225 e. The normalized spacial score (nSPS) is 15.2. The van der Waals surface area contributed by atoms with Gasteiger partial charge in [0.25, 0.3) is 0 Å². The Morgan fingerprint density at radius 1 is 1.27 bits per heavy atom. The molecule has 0 radical (unpaired) electrons. The lowest BCUT2D eigenvalue weighted by molar-refractivity contribution is 0.0339. The van der Waals surface area contributed by atoms with Gasteiger partial charge in [-0.3, -0.25) is 9.69 Å². The predicted octanol–water partition coefficient (Wildman–Crippen LogP) is 4.37. The number of carbonyl (C=O) groups excluding carboxylic acids is 1. The van der Waals surface area contributed by atoms with E-state index in [4.69, 9.17) is 9.15 Å². The van der Waals surface area contributed by atoms with Gasteiger partial charge < -0.3 is 14.3 Å². The number of ketones is 1. The highest BCUT2D eigenvalue weighted by Crippen LogP contribution is 2.37. The van der Waals surface area contributed by atoms with Crippen LogP contribution < -0.4 is 0 Å². The van der Waals surface area contributed by atoms with Crippen LogP contribution in [-0.4, -0.2) is 47.1 Å². The van der Waals surface area contributed by atoms with Gasteiger partial charge >= 0.3 is 0 Å². The van der Waals surface area contributed by atoms with E-state index in [0.29, 0.717) is 42.3 Å². The summed E-state index contributed by atoms with van der Waals surface area (Å²) < 4.78 is 12.3. The van der Waals surface area contributed by atoms with E-state index in [-0.39, 0.29) is 11.5 Å². The highest BCUT2D eigenvalue weighted by Gasteiger charge is 2.25. The molecule has 0 atom stereocenters. The van der Waals surface area contributed by atoms with Gasteiger partial charge in [0.15, 0.2) is 5.01 Å². The first kappa shape index (κ1) is 19.2. The molecule has 5 rings (SSSR count). The topological polar surface area (TPSA) is 75.8 Å². The Bertz CT molecular complexity index is 1200. The second-order valence-electron chi connectivity index (χ2n) is 7.45. The molecule has 0 aliphatic carbocycles. The summed E-state index contributed by atoms with van der Waals surface area (Å²) in [4.78, 5) is 20.0. The molecule has 30 heavy (non-hydrogen) atoms. The maximum atomic E-state index is 13.3. The van der Waals surface area contributed by atoms with E-state index < -0.39 is 0 Å². The number of thiazole rings is 1. The standard InChI is InChI=1S/C23H22N2O4S/c1-2-14-11-15-17(21(27)23-24-18-5-3-4-6-19(18)30-23)13-29-22(15)16(20(14)26)12-25-7-9-28-10-8-25/h3-6,11,13,26H,2,7-10,12H2,1H3. The number of phenols is 1. The molecular weight excluding hydrogens is 400 g/mol. The van der Waals surface area contributed by atoms with Gasteiger partial charge in [-0.05, 0) is 30.2 Å². The number of hydrogen-bond acceptors (Lipinski definition) is 7. The van der Waals surface area contributed by atoms with E-state index in [1.165, 1.54) is 17.6 Å². The number of carbonyl (C=O) groups is 1. The van der Waals surface area contributed by atoms with Crippen LogP contribution in [0.15, 0.2) is 41.0 Å². The quantitative estimate of drug-likeness (QED) is 0.481. The number of aromatic nitrogens is 1. The molecule has 2 aromatic carbocycles. The molecule has 1 aliphatic heterocycles. The third-order valence-electron chi connectivity index (χ3n) is 5.61. The molecule has 1 aliphatic rings. The molecule has 0 saturated carbocycles. The molecule has 7 heteroatoms. The number of para-hydroxylation sites is 1. The second kappa shape index (κ2) is 7.83. The minimum atomic E-state index is -0.153.